The SMILES string of the molecule is CCOC(=O)C(NC(=O)c1cc(Cl)c(OCC(N)=O)c(OC)c1)C(=O)OCC. The van der Waals surface area contributed by atoms with Crippen molar-refractivity contribution < 1.29 is 38.1 Å². The zero-order valence-electron chi connectivity index (χ0n) is 15.6. The minimum Gasteiger partial charge on any atom is -0.493 e. The van der Waals surface area contributed by atoms with Crippen molar-refractivity contribution in [2.75, 3.05) is 26.9 Å². The number of primary amides is 1. The Balaban J connectivity index is 3.11. The smallest absolute Gasteiger partial charge is 0.340 e. The van der Waals surface area contributed by atoms with Gasteiger partial charge >= 0.3 is 11.9 Å². The van der Waals surface area contributed by atoms with Crippen molar-refractivity contribution in [2.45, 2.75) is 19.9 Å². The first kappa shape index (κ1) is 23.0. The van der Waals surface area contributed by atoms with Gasteiger partial charge in [0.15, 0.2) is 18.1 Å². The highest BCUT2D eigenvalue weighted by atomic mass is 35.5. The molecule has 0 aliphatic heterocycles. The monoisotopic (exact) mass is 416 g/mol. The predicted molar refractivity (Wildman–Crippen MR) is 97.2 cm³/mol. The van der Waals surface area contributed by atoms with E-state index in [1.165, 1.54) is 19.2 Å². The van der Waals surface area contributed by atoms with E-state index in [0.29, 0.717) is 0 Å². The molecule has 1 rings (SSSR count). The molecule has 1 aromatic rings. The molecule has 0 saturated carbocycles. The maximum atomic E-state index is 12.5. The maximum Gasteiger partial charge on any atom is 0.340 e. The highest BCUT2D eigenvalue weighted by Gasteiger charge is 2.32. The maximum absolute atomic E-state index is 12.5. The van der Waals surface area contributed by atoms with Gasteiger partial charge in [-0.15, -0.1) is 0 Å². The molecule has 0 aromatic heterocycles. The fourth-order valence-corrected chi connectivity index (χ4v) is 2.28. The first-order valence-corrected chi connectivity index (χ1v) is 8.55. The Morgan fingerprint density at radius 3 is 2.14 bits per heavy atom. The summed E-state index contributed by atoms with van der Waals surface area (Å²) in [5, 5.41) is 2.19. The molecule has 0 bridgehead atoms. The van der Waals surface area contributed by atoms with Gasteiger partial charge in [-0.25, -0.2) is 9.59 Å². The van der Waals surface area contributed by atoms with Crippen molar-refractivity contribution in [3.63, 3.8) is 0 Å². The molecule has 0 fully saturated rings. The lowest BCUT2D eigenvalue weighted by Crippen LogP contribution is -2.48. The molecular formula is C17H21ClN2O8. The van der Waals surface area contributed by atoms with E-state index >= 15 is 0 Å². The molecule has 0 spiro atoms. The molecule has 10 nitrogen and oxygen atoms in total. The number of ether oxygens (including phenoxy) is 4. The molecule has 0 aliphatic rings. The molecule has 0 atom stereocenters. The van der Waals surface area contributed by atoms with Crippen LogP contribution in [0.5, 0.6) is 11.5 Å². The Bertz CT molecular complexity index is 735. The first-order valence-electron chi connectivity index (χ1n) is 8.17. The lowest BCUT2D eigenvalue weighted by Gasteiger charge is -2.17. The van der Waals surface area contributed by atoms with Crippen molar-refractivity contribution in [1.29, 1.82) is 0 Å². The number of amides is 2. The fraction of sp³-hybridized carbons (Fsp3) is 0.412. The van der Waals surface area contributed by atoms with E-state index in [-0.39, 0.29) is 35.3 Å². The third-order valence-corrected chi connectivity index (χ3v) is 3.45. The average Bonchev–Trinajstić information content (AvgIpc) is 2.64. The minimum atomic E-state index is -1.65. The number of benzene rings is 1. The second-order valence-corrected chi connectivity index (χ2v) is 5.56. The van der Waals surface area contributed by atoms with Gasteiger partial charge in [-0.3, -0.25) is 9.59 Å². The largest absolute Gasteiger partial charge is 0.493 e. The first-order chi connectivity index (χ1) is 13.2. The van der Waals surface area contributed by atoms with Crippen LogP contribution in [0.2, 0.25) is 5.02 Å². The van der Waals surface area contributed by atoms with Crippen molar-refractivity contribution in [2.24, 2.45) is 5.73 Å². The van der Waals surface area contributed by atoms with E-state index in [1.807, 2.05) is 0 Å². The second-order valence-electron chi connectivity index (χ2n) is 5.16. The van der Waals surface area contributed by atoms with E-state index < -0.39 is 36.4 Å². The molecule has 0 saturated heterocycles. The summed E-state index contributed by atoms with van der Waals surface area (Å²) in [5.41, 5.74) is 4.99. The molecule has 1 aromatic carbocycles. The van der Waals surface area contributed by atoms with Gasteiger partial charge in [0, 0.05) is 5.56 Å². The highest BCUT2D eigenvalue weighted by molar-refractivity contribution is 6.32. The molecule has 28 heavy (non-hydrogen) atoms. The summed E-state index contributed by atoms with van der Waals surface area (Å²) in [6, 6.07) is 0.816. The lowest BCUT2D eigenvalue weighted by molar-refractivity contribution is -0.157. The van der Waals surface area contributed by atoms with Crippen LogP contribution in [-0.4, -0.2) is 56.7 Å². The van der Waals surface area contributed by atoms with Crippen LogP contribution < -0.4 is 20.5 Å². The molecule has 0 radical (unpaired) electrons. The standard InChI is InChI=1S/C17H21ClN2O8/c1-4-26-16(23)13(17(24)27-5-2)20-15(22)9-6-10(18)14(11(7-9)25-3)28-8-12(19)21/h6-7,13H,4-5,8H2,1-3H3,(H2,19,21)(H,20,22). The summed E-state index contributed by atoms with van der Waals surface area (Å²) >= 11 is 6.08. The number of esters is 2. The Kier molecular flexibility index (Phi) is 9.03. The minimum absolute atomic E-state index is 0.00634. The molecule has 154 valence electrons. The topological polar surface area (TPSA) is 143 Å². The molecule has 0 heterocycles. The summed E-state index contributed by atoms with van der Waals surface area (Å²) in [4.78, 5) is 47.3. The van der Waals surface area contributed by atoms with Crippen molar-refractivity contribution in [3.05, 3.63) is 22.7 Å². The van der Waals surface area contributed by atoms with Gasteiger partial charge in [-0.1, -0.05) is 11.6 Å². The third-order valence-electron chi connectivity index (χ3n) is 3.17. The predicted octanol–water partition coefficient (Wildman–Crippen LogP) is 0.437. The number of halogens is 1. The van der Waals surface area contributed by atoms with Crippen LogP contribution >= 0.6 is 11.6 Å². The lowest BCUT2D eigenvalue weighted by atomic mass is 10.1. The number of nitrogens with two attached hydrogens (primary N) is 1. The number of carbonyl (C=O) groups excluding carboxylic acids is 4. The molecule has 2 amide bonds. The molecule has 0 aliphatic carbocycles. The molecule has 3 N–H and O–H groups in total. The number of nitrogens with one attached hydrogen (secondary N) is 1. The number of hydrogen-bond acceptors (Lipinski definition) is 8. The van der Waals surface area contributed by atoms with Crippen molar-refractivity contribution in [1.82, 2.24) is 5.32 Å². The number of rotatable bonds is 10. The van der Waals surface area contributed by atoms with Gasteiger partial charge in [0.25, 0.3) is 11.8 Å². The molecular weight excluding hydrogens is 396 g/mol. The molecule has 11 heteroatoms. The summed E-state index contributed by atoms with van der Waals surface area (Å²) in [7, 11) is 1.30. The van der Waals surface area contributed by atoms with Gasteiger partial charge in [0.2, 0.25) is 6.04 Å². The van der Waals surface area contributed by atoms with E-state index in [0.717, 1.165) is 0 Å². The van der Waals surface area contributed by atoms with Crippen LogP contribution in [0.1, 0.15) is 24.2 Å². The van der Waals surface area contributed by atoms with Gasteiger partial charge in [0.05, 0.1) is 25.3 Å². The van der Waals surface area contributed by atoms with Gasteiger partial charge in [-0.2, -0.15) is 0 Å². The highest BCUT2D eigenvalue weighted by Crippen LogP contribution is 2.36. The fourth-order valence-electron chi connectivity index (χ4n) is 2.01. The second kappa shape index (κ2) is 11.0. The Labute approximate surface area is 166 Å². The zero-order chi connectivity index (χ0) is 21.3. The normalized spacial score (nSPS) is 10.2. The number of carbonyl (C=O) groups is 4. The van der Waals surface area contributed by atoms with Crippen LogP contribution in [0, 0.1) is 0 Å². The average molecular weight is 417 g/mol. The summed E-state index contributed by atoms with van der Waals surface area (Å²) in [6.45, 7) is 2.68. The van der Waals surface area contributed by atoms with Gasteiger partial charge < -0.3 is 30.0 Å². The van der Waals surface area contributed by atoms with Gasteiger partial charge in [0.1, 0.15) is 0 Å². The van der Waals surface area contributed by atoms with E-state index in [9.17, 15) is 19.2 Å². The van der Waals surface area contributed by atoms with E-state index in [1.54, 1.807) is 13.8 Å². The number of hydrogen-bond donors (Lipinski definition) is 2. The number of methoxy groups -OCH3 is 1. The van der Waals surface area contributed by atoms with Crippen LogP contribution in [0.3, 0.4) is 0 Å². The van der Waals surface area contributed by atoms with Crippen LogP contribution in [0.4, 0.5) is 0 Å². The van der Waals surface area contributed by atoms with E-state index in [2.05, 4.69) is 5.32 Å². The van der Waals surface area contributed by atoms with E-state index in [4.69, 9.17) is 36.3 Å². The van der Waals surface area contributed by atoms with Crippen molar-refractivity contribution in [3.8, 4) is 11.5 Å². The quantitative estimate of drug-likeness (QED) is 0.413. The Morgan fingerprint density at radius 2 is 1.68 bits per heavy atom. The van der Waals surface area contributed by atoms with Crippen LogP contribution in [0.15, 0.2) is 12.1 Å². The summed E-state index contributed by atoms with van der Waals surface area (Å²) in [5.74, 6) is -3.42. The third kappa shape index (κ3) is 6.31. The Morgan fingerprint density at radius 1 is 1.11 bits per heavy atom. The summed E-state index contributed by atoms with van der Waals surface area (Å²) in [6.07, 6.45) is 0. The Hall–Kier alpha value is -3.01. The summed E-state index contributed by atoms with van der Waals surface area (Å²) < 4.78 is 19.8. The molecule has 0 unspecified atom stereocenters. The van der Waals surface area contributed by atoms with Crippen molar-refractivity contribution >= 4 is 35.4 Å². The van der Waals surface area contributed by atoms with Gasteiger partial charge in [-0.05, 0) is 26.0 Å². The zero-order valence-corrected chi connectivity index (χ0v) is 16.3. The van der Waals surface area contributed by atoms with Crippen LogP contribution in [0.25, 0.3) is 0 Å². The van der Waals surface area contributed by atoms with Crippen LogP contribution in [-0.2, 0) is 23.9 Å².